The normalized spacial score (nSPS) is 21.0. The van der Waals surface area contributed by atoms with Gasteiger partial charge in [0.05, 0.1) is 0 Å². The van der Waals surface area contributed by atoms with Crippen molar-refractivity contribution < 1.29 is 0 Å². The summed E-state index contributed by atoms with van der Waals surface area (Å²) in [6.45, 7) is 6.50. The highest BCUT2D eigenvalue weighted by atomic mass is 15.3. The number of nitrogens with one attached hydrogen (secondary N) is 1. The van der Waals surface area contributed by atoms with Crippen LogP contribution in [0.25, 0.3) is 0 Å². The molecule has 26 heavy (non-hydrogen) atoms. The van der Waals surface area contributed by atoms with Crippen LogP contribution < -0.4 is 5.32 Å². The summed E-state index contributed by atoms with van der Waals surface area (Å²) in [6, 6.07) is 0. The molecule has 2 fully saturated rings. The van der Waals surface area contributed by atoms with E-state index in [9.17, 15) is 0 Å². The van der Waals surface area contributed by atoms with E-state index >= 15 is 0 Å². The topological polar surface area (TPSA) is 45.5 Å². The quantitative estimate of drug-likeness (QED) is 0.491. The number of likely N-dealkylation sites (tertiary alicyclic amines) is 1. The van der Waals surface area contributed by atoms with Crippen molar-refractivity contribution in [1.29, 1.82) is 0 Å². The van der Waals surface area contributed by atoms with Crippen LogP contribution in [0.5, 0.6) is 0 Å². The highest BCUT2D eigenvalue weighted by Crippen LogP contribution is 2.42. The van der Waals surface area contributed by atoms with Gasteiger partial charge < -0.3 is 14.8 Å². The summed E-state index contributed by atoms with van der Waals surface area (Å²) in [5.41, 5.74) is 0.561. The number of aromatic nitrogens is 2. The van der Waals surface area contributed by atoms with E-state index in [1.807, 2.05) is 13.2 Å². The summed E-state index contributed by atoms with van der Waals surface area (Å²) >= 11 is 0. The molecule has 0 bridgehead atoms. The smallest absolute Gasteiger partial charge is 0.193 e. The van der Waals surface area contributed by atoms with Gasteiger partial charge >= 0.3 is 0 Å². The molecule has 146 valence electrons. The van der Waals surface area contributed by atoms with Gasteiger partial charge in [0.25, 0.3) is 0 Å². The van der Waals surface area contributed by atoms with Gasteiger partial charge in [0.2, 0.25) is 0 Å². The second kappa shape index (κ2) is 9.43. The van der Waals surface area contributed by atoms with Gasteiger partial charge in [0.1, 0.15) is 5.82 Å². The molecule has 1 aromatic heterocycles. The second-order valence-corrected chi connectivity index (χ2v) is 8.29. The minimum Gasteiger partial charge on any atom is -0.356 e. The summed E-state index contributed by atoms with van der Waals surface area (Å²) < 4.78 is 2.23. The van der Waals surface area contributed by atoms with E-state index in [2.05, 4.69) is 37.9 Å². The summed E-state index contributed by atoms with van der Waals surface area (Å²) in [5, 5.41) is 3.62. The molecule has 5 heteroatoms. The first-order valence-electron chi connectivity index (χ1n) is 10.7. The number of rotatable bonds is 5. The van der Waals surface area contributed by atoms with Crippen LogP contribution in [0.3, 0.4) is 0 Å². The Kier molecular flexibility index (Phi) is 6.98. The predicted octanol–water partition coefficient (Wildman–Crippen LogP) is 3.98. The summed E-state index contributed by atoms with van der Waals surface area (Å²) in [6.07, 6.45) is 17.6. The van der Waals surface area contributed by atoms with Crippen molar-refractivity contribution in [2.75, 3.05) is 26.7 Å². The lowest BCUT2D eigenvalue weighted by molar-refractivity contribution is 0.115. The number of guanidine groups is 1. The Morgan fingerprint density at radius 1 is 1.15 bits per heavy atom. The lowest BCUT2D eigenvalue weighted by atomic mass is 9.74. The lowest BCUT2D eigenvalue weighted by Crippen LogP contribution is -2.50. The van der Waals surface area contributed by atoms with Crippen molar-refractivity contribution in [3.63, 3.8) is 0 Å². The number of imidazole rings is 1. The van der Waals surface area contributed by atoms with Crippen molar-refractivity contribution in [1.82, 2.24) is 19.8 Å². The van der Waals surface area contributed by atoms with Gasteiger partial charge in [-0.3, -0.25) is 4.99 Å². The van der Waals surface area contributed by atoms with E-state index in [0.717, 1.165) is 37.8 Å². The minimum absolute atomic E-state index is 0.561. The number of aryl methyl sites for hydroxylation is 2. The molecule has 2 heterocycles. The monoisotopic (exact) mass is 359 g/mol. The maximum absolute atomic E-state index is 4.59. The molecule has 0 aromatic carbocycles. The Bertz CT molecular complexity index is 569. The molecular weight excluding hydrogens is 322 g/mol. The number of nitrogens with zero attached hydrogens (tertiary/aromatic N) is 4. The fourth-order valence-electron chi connectivity index (χ4n) is 4.86. The summed E-state index contributed by atoms with van der Waals surface area (Å²) in [7, 11) is 1.94. The molecule has 5 nitrogen and oxygen atoms in total. The lowest BCUT2D eigenvalue weighted by Gasteiger charge is -2.44. The minimum atomic E-state index is 0.561. The number of hydrogen-bond donors (Lipinski definition) is 1. The first-order chi connectivity index (χ1) is 12.7. The zero-order valence-electron chi connectivity index (χ0n) is 16.8. The molecular formula is C21H37N5. The molecule has 0 radical (unpaired) electrons. The Labute approximate surface area is 159 Å². The Hall–Kier alpha value is -1.52. The Morgan fingerprint density at radius 2 is 1.92 bits per heavy atom. The fourth-order valence-corrected chi connectivity index (χ4v) is 4.86. The molecule has 0 amide bonds. The van der Waals surface area contributed by atoms with E-state index in [0.29, 0.717) is 5.41 Å². The molecule has 1 saturated carbocycles. The number of aliphatic imine (C=N–C) groups is 1. The molecule has 1 aliphatic carbocycles. The average molecular weight is 360 g/mol. The third-order valence-corrected chi connectivity index (χ3v) is 6.37. The van der Waals surface area contributed by atoms with Crippen molar-refractivity contribution in [2.45, 2.75) is 77.7 Å². The maximum atomic E-state index is 4.59. The standard InChI is InChI=1S/C21H37N5/c1-19-23-14-17-25(19)15-8-7-13-24-20(22-2)26-16-9-12-21(18-26)10-5-3-4-6-11-21/h14,17H,3-13,15-16,18H2,1-2H3,(H,22,24). The number of hydrogen-bond acceptors (Lipinski definition) is 2. The van der Waals surface area contributed by atoms with E-state index in [1.165, 1.54) is 64.3 Å². The van der Waals surface area contributed by atoms with Crippen molar-refractivity contribution in [3.8, 4) is 0 Å². The van der Waals surface area contributed by atoms with Crippen LogP contribution in [-0.4, -0.2) is 47.1 Å². The van der Waals surface area contributed by atoms with Crippen molar-refractivity contribution >= 4 is 5.96 Å². The molecule has 3 rings (SSSR count). The van der Waals surface area contributed by atoms with E-state index in [1.54, 1.807) is 0 Å². The average Bonchev–Trinajstić information content (AvgIpc) is 2.93. The zero-order valence-corrected chi connectivity index (χ0v) is 16.8. The van der Waals surface area contributed by atoms with Gasteiger partial charge in [0, 0.05) is 45.6 Å². The van der Waals surface area contributed by atoms with Gasteiger partial charge in [-0.1, -0.05) is 25.7 Å². The Morgan fingerprint density at radius 3 is 2.62 bits per heavy atom. The van der Waals surface area contributed by atoms with Crippen LogP contribution in [0.1, 0.15) is 70.0 Å². The van der Waals surface area contributed by atoms with Crippen molar-refractivity contribution in [2.24, 2.45) is 10.4 Å². The highest BCUT2D eigenvalue weighted by Gasteiger charge is 2.36. The zero-order chi connectivity index (χ0) is 18.2. The second-order valence-electron chi connectivity index (χ2n) is 8.29. The fraction of sp³-hybridized carbons (Fsp3) is 0.810. The molecule has 1 aliphatic heterocycles. The van der Waals surface area contributed by atoms with E-state index < -0.39 is 0 Å². The number of unbranched alkanes of at least 4 members (excludes halogenated alkanes) is 1. The molecule has 2 aliphatic rings. The predicted molar refractivity (Wildman–Crippen MR) is 109 cm³/mol. The van der Waals surface area contributed by atoms with Crippen molar-refractivity contribution in [3.05, 3.63) is 18.2 Å². The van der Waals surface area contributed by atoms with Gasteiger partial charge in [-0.15, -0.1) is 0 Å². The molecule has 1 spiro atoms. The van der Waals surface area contributed by atoms with E-state index in [4.69, 9.17) is 0 Å². The first kappa shape index (κ1) is 19.2. The molecule has 1 aromatic rings. The van der Waals surface area contributed by atoms with E-state index in [-0.39, 0.29) is 0 Å². The molecule has 0 atom stereocenters. The van der Waals surface area contributed by atoms with Gasteiger partial charge in [-0.2, -0.15) is 0 Å². The molecule has 1 N–H and O–H groups in total. The van der Waals surface area contributed by atoms with Gasteiger partial charge in [0.15, 0.2) is 5.96 Å². The van der Waals surface area contributed by atoms with Crippen LogP contribution in [-0.2, 0) is 6.54 Å². The third-order valence-electron chi connectivity index (χ3n) is 6.37. The van der Waals surface area contributed by atoms with Crippen LogP contribution in [0.4, 0.5) is 0 Å². The molecule has 1 saturated heterocycles. The Balaban J connectivity index is 1.43. The number of piperidine rings is 1. The summed E-state index contributed by atoms with van der Waals surface area (Å²) in [4.78, 5) is 11.4. The first-order valence-corrected chi connectivity index (χ1v) is 10.7. The largest absolute Gasteiger partial charge is 0.356 e. The van der Waals surface area contributed by atoms with Crippen LogP contribution in [0, 0.1) is 12.3 Å². The van der Waals surface area contributed by atoms with Crippen LogP contribution >= 0.6 is 0 Å². The van der Waals surface area contributed by atoms with Crippen LogP contribution in [0.15, 0.2) is 17.4 Å². The van der Waals surface area contributed by atoms with Gasteiger partial charge in [-0.25, -0.2) is 4.98 Å². The highest BCUT2D eigenvalue weighted by molar-refractivity contribution is 5.80. The summed E-state index contributed by atoms with van der Waals surface area (Å²) in [5.74, 6) is 2.22. The SMILES string of the molecule is CN=C(NCCCCn1ccnc1C)N1CCCC2(CCCCCC2)C1. The van der Waals surface area contributed by atoms with Crippen LogP contribution in [0.2, 0.25) is 0 Å². The van der Waals surface area contributed by atoms with Gasteiger partial charge in [-0.05, 0) is 50.9 Å². The third kappa shape index (κ3) is 5.01. The maximum Gasteiger partial charge on any atom is 0.193 e. The molecule has 0 unspecified atom stereocenters.